The van der Waals surface area contributed by atoms with Crippen molar-refractivity contribution in [2.24, 2.45) is 0 Å². The van der Waals surface area contributed by atoms with Gasteiger partial charge in [0.2, 0.25) is 0 Å². The third-order valence-electron chi connectivity index (χ3n) is 4.87. The second kappa shape index (κ2) is 7.10. The first-order valence-corrected chi connectivity index (χ1v) is 9.60. The summed E-state index contributed by atoms with van der Waals surface area (Å²) in [5, 5.41) is 8.99. The number of thioether (sulfide) groups is 1. The van der Waals surface area contributed by atoms with Gasteiger partial charge in [-0.25, -0.2) is 0 Å². The normalized spacial score (nSPS) is 20.6. The van der Waals surface area contributed by atoms with Gasteiger partial charge in [-0.3, -0.25) is 9.78 Å². The molecule has 6 heteroatoms. The summed E-state index contributed by atoms with van der Waals surface area (Å²) in [6, 6.07) is 12.9. The van der Waals surface area contributed by atoms with Crippen molar-refractivity contribution in [3.8, 4) is 6.07 Å². The molecule has 1 unspecified atom stereocenters. The molecule has 0 aliphatic carbocycles. The fourth-order valence-corrected chi connectivity index (χ4v) is 5.08. The van der Waals surface area contributed by atoms with Crippen molar-refractivity contribution in [2.45, 2.75) is 23.9 Å². The van der Waals surface area contributed by atoms with Gasteiger partial charge in [0.25, 0.3) is 5.91 Å². The molecule has 1 aromatic carbocycles. The molecule has 2 aliphatic rings. The predicted molar refractivity (Wildman–Crippen MR) is 99.7 cm³/mol. The van der Waals surface area contributed by atoms with Gasteiger partial charge in [-0.1, -0.05) is 12.1 Å². The number of ether oxygens (including phenoxy) is 1. The maximum Gasteiger partial charge on any atom is 0.253 e. The van der Waals surface area contributed by atoms with Gasteiger partial charge < -0.3 is 9.64 Å². The van der Waals surface area contributed by atoms with E-state index in [0.29, 0.717) is 17.7 Å². The number of likely N-dealkylation sites (tertiary alicyclic amines) is 1. The highest BCUT2D eigenvalue weighted by molar-refractivity contribution is 8.01. The van der Waals surface area contributed by atoms with Crippen molar-refractivity contribution in [1.29, 1.82) is 5.26 Å². The Labute approximate surface area is 157 Å². The third kappa shape index (κ3) is 3.46. The number of rotatable bonds is 4. The molecule has 2 aromatic rings. The number of pyridine rings is 1. The quantitative estimate of drug-likeness (QED) is 0.833. The first-order valence-electron chi connectivity index (χ1n) is 8.61. The Kier molecular flexibility index (Phi) is 4.66. The van der Waals surface area contributed by atoms with Crippen LogP contribution in [0, 0.1) is 11.3 Å². The van der Waals surface area contributed by atoms with Crippen LogP contribution in [0.2, 0.25) is 0 Å². The average molecular weight is 365 g/mol. The highest BCUT2D eigenvalue weighted by atomic mass is 32.2. The molecule has 4 rings (SSSR count). The Morgan fingerprint density at radius 1 is 1.38 bits per heavy atom. The predicted octanol–water partition coefficient (Wildman–Crippen LogP) is 2.87. The Hall–Kier alpha value is -2.36. The fourth-order valence-electron chi connectivity index (χ4n) is 3.52. The number of aromatic nitrogens is 1. The van der Waals surface area contributed by atoms with E-state index in [1.54, 1.807) is 30.5 Å². The van der Waals surface area contributed by atoms with Crippen LogP contribution in [0.4, 0.5) is 0 Å². The molecule has 0 radical (unpaired) electrons. The number of hydrogen-bond acceptors (Lipinski definition) is 5. The topological polar surface area (TPSA) is 66.2 Å². The summed E-state index contributed by atoms with van der Waals surface area (Å²) in [6.07, 6.45) is 4.78. The molecule has 0 saturated carbocycles. The van der Waals surface area contributed by atoms with Gasteiger partial charge in [0.1, 0.15) is 0 Å². The molecule has 2 aliphatic heterocycles. The van der Waals surface area contributed by atoms with E-state index in [-0.39, 0.29) is 16.8 Å². The summed E-state index contributed by atoms with van der Waals surface area (Å²) in [5.74, 6) is 0.972. The van der Waals surface area contributed by atoms with E-state index in [0.717, 1.165) is 30.8 Å². The van der Waals surface area contributed by atoms with Gasteiger partial charge in [0.15, 0.2) is 0 Å². The maximum absolute atomic E-state index is 12.6. The molecular formula is C20H19N3O2S. The fraction of sp³-hybridized carbons (Fsp3) is 0.350. The molecule has 1 aromatic heterocycles. The summed E-state index contributed by atoms with van der Waals surface area (Å²) in [6.45, 7) is 2.08. The minimum atomic E-state index is 0.00746. The van der Waals surface area contributed by atoms with Crippen LogP contribution in [0.3, 0.4) is 0 Å². The second-order valence-electron chi connectivity index (χ2n) is 6.85. The zero-order valence-corrected chi connectivity index (χ0v) is 15.1. The standard InChI is InChI=1S/C20H19N3O2S/c21-9-15-3-1-5-17(7-15)19(24)23-13-20(14-23)8-18(12-26-20)25-11-16-4-2-6-22-10-16/h1-7,10,18H,8,11-14H2. The molecule has 26 heavy (non-hydrogen) atoms. The van der Waals surface area contributed by atoms with Gasteiger partial charge in [0.05, 0.1) is 29.1 Å². The van der Waals surface area contributed by atoms with Gasteiger partial charge in [0, 0.05) is 36.8 Å². The van der Waals surface area contributed by atoms with E-state index in [1.807, 2.05) is 35.0 Å². The van der Waals surface area contributed by atoms with Crippen LogP contribution in [0.25, 0.3) is 0 Å². The zero-order chi connectivity index (χ0) is 18.0. The van der Waals surface area contributed by atoms with E-state index < -0.39 is 0 Å². The Bertz CT molecular complexity index is 844. The number of nitrogens with zero attached hydrogens (tertiary/aromatic N) is 3. The summed E-state index contributed by atoms with van der Waals surface area (Å²) in [7, 11) is 0. The molecule has 1 amide bonds. The van der Waals surface area contributed by atoms with Gasteiger partial charge in [-0.15, -0.1) is 11.8 Å². The van der Waals surface area contributed by atoms with Crippen molar-refractivity contribution >= 4 is 17.7 Å². The van der Waals surface area contributed by atoms with Crippen LogP contribution in [-0.2, 0) is 11.3 Å². The van der Waals surface area contributed by atoms with Crippen molar-refractivity contribution in [2.75, 3.05) is 18.8 Å². The number of amides is 1. The largest absolute Gasteiger partial charge is 0.373 e. The Balaban J connectivity index is 1.30. The number of hydrogen-bond donors (Lipinski definition) is 0. The highest BCUT2D eigenvalue weighted by Gasteiger charge is 2.51. The summed E-state index contributed by atoms with van der Waals surface area (Å²) >= 11 is 1.91. The number of nitriles is 1. The van der Waals surface area contributed by atoms with Crippen molar-refractivity contribution in [3.63, 3.8) is 0 Å². The average Bonchev–Trinajstić information content (AvgIpc) is 3.10. The van der Waals surface area contributed by atoms with Crippen molar-refractivity contribution in [3.05, 3.63) is 65.5 Å². The van der Waals surface area contributed by atoms with Crippen LogP contribution >= 0.6 is 11.8 Å². The van der Waals surface area contributed by atoms with E-state index in [2.05, 4.69) is 11.1 Å². The molecule has 1 atom stereocenters. The van der Waals surface area contributed by atoms with Crippen LogP contribution in [0.5, 0.6) is 0 Å². The lowest BCUT2D eigenvalue weighted by molar-refractivity contribution is 0.0254. The molecule has 5 nitrogen and oxygen atoms in total. The number of benzene rings is 1. The zero-order valence-electron chi connectivity index (χ0n) is 14.3. The molecule has 1 spiro atoms. The van der Waals surface area contributed by atoms with Crippen molar-refractivity contribution < 1.29 is 9.53 Å². The van der Waals surface area contributed by atoms with Crippen LogP contribution in [0.15, 0.2) is 48.8 Å². The maximum atomic E-state index is 12.6. The van der Waals surface area contributed by atoms with Gasteiger partial charge in [-0.05, 0) is 36.2 Å². The SMILES string of the molecule is N#Cc1cccc(C(=O)N2CC3(CC(OCc4cccnc4)CS3)C2)c1. The Morgan fingerprint density at radius 3 is 3.04 bits per heavy atom. The smallest absolute Gasteiger partial charge is 0.253 e. The molecular weight excluding hydrogens is 346 g/mol. The first-order chi connectivity index (χ1) is 12.7. The minimum Gasteiger partial charge on any atom is -0.373 e. The van der Waals surface area contributed by atoms with E-state index in [1.165, 1.54) is 0 Å². The molecule has 2 fully saturated rings. The van der Waals surface area contributed by atoms with Gasteiger partial charge in [-0.2, -0.15) is 5.26 Å². The lowest BCUT2D eigenvalue weighted by Crippen LogP contribution is -2.60. The lowest BCUT2D eigenvalue weighted by Gasteiger charge is -2.47. The number of carbonyl (C=O) groups is 1. The van der Waals surface area contributed by atoms with E-state index >= 15 is 0 Å². The molecule has 3 heterocycles. The molecule has 0 N–H and O–H groups in total. The van der Waals surface area contributed by atoms with E-state index in [4.69, 9.17) is 10.00 Å². The minimum absolute atomic E-state index is 0.00746. The number of carbonyl (C=O) groups excluding carboxylic acids is 1. The second-order valence-corrected chi connectivity index (χ2v) is 8.33. The van der Waals surface area contributed by atoms with Crippen LogP contribution in [0.1, 0.15) is 27.9 Å². The molecule has 132 valence electrons. The third-order valence-corrected chi connectivity index (χ3v) is 6.44. The van der Waals surface area contributed by atoms with Crippen molar-refractivity contribution in [1.82, 2.24) is 9.88 Å². The summed E-state index contributed by atoms with van der Waals surface area (Å²) in [5.41, 5.74) is 2.19. The molecule has 0 bridgehead atoms. The summed E-state index contributed by atoms with van der Waals surface area (Å²) < 4.78 is 6.16. The summed E-state index contributed by atoms with van der Waals surface area (Å²) in [4.78, 5) is 18.6. The lowest BCUT2D eigenvalue weighted by atomic mass is 9.92. The Morgan fingerprint density at radius 2 is 2.27 bits per heavy atom. The first kappa shape index (κ1) is 17.1. The highest BCUT2D eigenvalue weighted by Crippen LogP contribution is 2.46. The molecule has 2 saturated heterocycles. The monoisotopic (exact) mass is 365 g/mol. The van der Waals surface area contributed by atoms with E-state index in [9.17, 15) is 4.79 Å². The van der Waals surface area contributed by atoms with Crippen LogP contribution < -0.4 is 0 Å². The van der Waals surface area contributed by atoms with Gasteiger partial charge >= 0.3 is 0 Å². The van der Waals surface area contributed by atoms with Crippen LogP contribution in [-0.4, -0.2) is 45.5 Å².